The third-order valence-corrected chi connectivity index (χ3v) is 6.44. The van der Waals surface area contributed by atoms with Crippen molar-refractivity contribution >= 4 is 5.82 Å². The van der Waals surface area contributed by atoms with Gasteiger partial charge in [0.25, 0.3) is 5.56 Å². The first kappa shape index (κ1) is 19.7. The van der Waals surface area contributed by atoms with Gasteiger partial charge in [0, 0.05) is 64.5 Å². The largest absolute Gasteiger partial charge is 0.379 e. The van der Waals surface area contributed by atoms with Gasteiger partial charge in [-0.25, -0.2) is 4.79 Å². The second-order valence-electron chi connectivity index (χ2n) is 8.24. The van der Waals surface area contributed by atoms with Crippen LogP contribution in [0, 0.1) is 0 Å². The van der Waals surface area contributed by atoms with Gasteiger partial charge in [-0.15, -0.1) is 0 Å². The maximum Gasteiger partial charge on any atom is 0.330 e. The van der Waals surface area contributed by atoms with Crippen LogP contribution in [0.15, 0.2) is 15.7 Å². The normalized spacial score (nSPS) is 23.2. The number of rotatable bonds is 5. The zero-order valence-electron chi connectivity index (χ0n) is 16.8. The van der Waals surface area contributed by atoms with Gasteiger partial charge >= 0.3 is 5.69 Å². The summed E-state index contributed by atoms with van der Waals surface area (Å²) in [6.45, 7) is 9.47. The van der Waals surface area contributed by atoms with Crippen LogP contribution in [0.5, 0.6) is 0 Å². The van der Waals surface area contributed by atoms with Gasteiger partial charge < -0.3 is 9.64 Å². The quantitative estimate of drug-likeness (QED) is 0.788. The summed E-state index contributed by atoms with van der Waals surface area (Å²) in [7, 11) is 0. The molecule has 28 heavy (non-hydrogen) atoms. The van der Waals surface area contributed by atoms with E-state index in [-0.39, 0.29) is 17.3 Å². The van der Waals surface area contributed by atoms with Crippen LogP contribution in [0.2, 0.25) is 0 Å². The number of piperazine rings is 1. The Morgan fingerprint density at radius 3 is 2.18 bits per heavy atom. The molecule has 0 aromatic carbocycles. The van der Waals surface area contributed by atoms with Gasteiger partial charge in [0.2, 0.25) is 0 Å². The van der Waals surface area contributed by atoms with Crippen LogP contribution >= 0.6 is 0 Å². The topological polar surface area (TPSA) is 73.8 Å². The Hall–Kier alpha value is -1.64. The lowest BCUT2D eigenvalue weighted by Crippen LogP contribution is -2.50. The molecule has 2 aliphatic heterocycles. The predicted molar refractivity (Wildman–Crippen MR) is 109 cm³/mol. The Kier molecular flexibility index (Phi) is 6.49. The molecule has 8 heteroatoms. The Morgan fingerprint density at radius 2 is 1.54 bits per heavy atom. The van der Waals surface area contributed by atoms with Crippen molar-refractivity contribution in [2.24, 2.45) is 0 Å². The number of nitrogens with zero attached hydrogens (tertiary/aromatic N) is 4. The van der Waals surface area contributed by atoms with Gasteiger partial charge in [0.1, 0.15) is 5.82 Å². The van der Waals surface area contributed by atoms with Crippen molar-refractivity contribution in [2.45, 2.75) is 38.1 Å². The molecule has 1 aliphatic carbocycles. The van der Waals surface area contributed by atoms with E-state index in [0.29, 0.717) is 5.82 Å². The zero-order chi connectivity index (χ0) is 19.3. The number of hydrogen-bond acceptors (Lipinski definition) is 6. The van der Waals surface area contributed by atoms with E-state index in [9.17, 15) is 9.59 Å². The molecular weight excluding hydrogens is 358 g/mol. The molecule has 3 aliphatic rings. The minimum atomic E-state index is -0.246. The van der Waals surface area contributed by atoms with Crippen molar-refractivity contribution in [2.75, 3.05) is 70.5 Å². The van der Waals surface area contributed by atoms with Gasteiger partial charge in [0.15, 0.2) is 0 Å². The Balaban J connectivity index is 1.33. The second-order valence-corrected chi connectivity index (χ2v) is 8.24. The van der Waals surface area contributed by atoms with Crippen molar-refractivity contribution in [1.82, 2.24) is 19.4 Å². The van der Waals surface area contributed by atoms with Crippen LogP contribution < -0.4 is 16.1 Å². The second kappa shape index (κ2) is 9.24. The predicted octanol–water partition coefficient (Wildman–Crippen LogP) is 0.496. The molecule has 8 nitrogen and oxygen atoms in total. The molecule has 0 bridgehead atoms. The average Bonchev–Trinajstić information content (AvgIpc) is 2.74. The standard InChI is InChI=1S/C20H33N5O3/c26-19-16-18(21-20(27)25(19)17-4-2-1-3-5-17)24-10-8-22(9-11-24)6-7-23-12-14-28-15-13-23/h16-17H,1-15H2,(H,21,27). The van der Waals surface area contributed by atoms with E-state index in [1.807, 2.05) is 0 Å². The van der Waals surface area contributed by atoms with Crippen molar-refractivity contribution in [3.8, 4) is 0 Å². The van der Waals surface area contributed by atoms with Crippen LogP contribution in [-0.2, 0) is 4.74 Å². The lowest BCUT2D eigenvalue weighted by atomic mass is 9.95. The molecule has 2 saturated heterocycles. The molecule has 3 fully saturated rings. The molecule has 0 atom stereocenters. The molecule has 1 saturated carbocycles. The van der Waals surface area contributed by atoms with E-state index in [2.05, 4.69) is 19.7 Å². The molecule has 1 aromatic rings. The number of ether oxygens (including phenoxy) is 1. The average molecular weight is 392 g/mol. The number of H-pyrrole nitrogens is 1. The highest BCUT2D eigenvalue weighted by molar-refractivity contribution is 5.37. The third kappa shape index (κ3) is 4.67. The summed E-state index contributed by atoms with van der Waals surface area (Å²) in [4.78, 5) is 35.3. The van der Waals surface area contributed by atoms with Gasteiger partial charge in [-0.05, 0) is 12.8 Å². The number of morpholine rings is 1. The van der Waals surface area contributed by atoms with Crippen molar-refractivity contribution < 1.29 is 4.74 Å². The first-order chi connectivity index (χ1) is 13.7. The molecular formula is C20H33N5O3. The number of hydrogen-bond donors (Lipinski definition) is 1. The van der Waals surface area contributed by atoms with E-state index in [1.165, 1.54) is 11.0 Å². The summed E-state index contributed by atoms with van der Waals surface area (Å²) in [5.41, 5.74) is -0.399. The molecule has 1 aromatic heterocycles. The van der Waals surface area contributed by atoms with E-state index in [4.69, 9.17) is 4.74 Å². The first-order valence-corrected chi connectivity index (χ1v) is 10.8. The molecule has 0 unspecified atom stereocenters. The summed E-state index contributed by atoms with van der Waals surface area (Å²) < 4.78 is 6.85. The summed E-state index contributed by atoms with van der Waals surface area (Å²) in [5, 5.41) is 0. The smallest absolute Gasteiger partial charge is 0.330 e. The van der Waals surface area contributed by atoms with Gasteiger partial charge in [-0.1, -0.05) is 19.3 Å². The van der Waals surface area contributed by atoms with Crippen LogP contribution in [-0.4, -0.2) is 84.9 Å². The maximum absolute atomic E-state index is 12.6. The summed E-state index contributed by atoms with van der Waals surface area (Å²) in [6.07, 6.45) is 5.28. The highest BCUT2D eigenvalue weighted by Crippen LogP contribution is 2.25. The summed E-state index contributed by atoms with van der Waals surface area (Å²) in [5.74, 6) is 0.676. The minimum Gasteiger partial charge on any atom is -0.379 e. The summed E-state index contributed by atoms with van der Waals surface area (Å²) in [6, 6.07) is 1.69. The van der Waals surface area contributed by atoms with Crippen LogP contribution in [0.4, 0.5) is 5.82 Å². The fourth-order valence-corrected chi connectivity index (χ4v) is 4.67. The van der Waals surface area contributed by atoms with E-state index >= 15 is 0 Å². The zero-order valence-corrected chi connectivity index (χ0v) is 16.8. The maximum atomic E-state index is 12.6. The highest BCUT2D eigenvalue weighted by atomic mass is 16.5. The number of anilines is 1. The monoisotopic (exact) mass is 391 g/mol. The van der Waals surface area contributed by atoms with E-state index in [1.54, 1.807) is 6.07 Å². The molecule has 0 amide bonds. The highest BCUT2D eigenvalue weighted by Gasteiger charge is 2.22. The van der Waals surface area contributed by atoms with E-state index in [0.717, 1.165) is 91.3 Å². The van der Waals surface area contributed by atoms with Crippen LogP contribution in [0.3, 0.4) is 0 Å². The van der Waals surface area contributed by atoms with E-state index < -0.39 is 0 Å². The molecule has 0 spiro atoms. The molecule has 0 radical (unpaired) electrons. The van der Waals surface area contributed by atoms with Crippen molar-refractivity contribution in [1.29, 1.82) is 0 Å². The minimum absolute atomic E-state index is 0.0658. The number of aromatic nitrogens is 2. The molecule has 1 N–H and O–H groups in total. The van der Waals surface area contributed by atoms with Crippen molar-refractivity contribution in [3.63, 3.8) is 0 Å². The molecule has 4 rings (SSSR count). The molecule has 3 heterocycles. The van der Waals surface area contributed by atoms with Gasteiger partial charge in [0.05, 0.1) is 13.2 Å². The van der Waals surface area contributed by atoms with Gasteiger partial charge in [-0.3, -0.25) is 24.1 Å². The fraction of sp³-hybridized carbons (Fsp3) is 0.800. The SMILES string of the molecule is O=c1cc(N2CCN(CCN3CCOCC3)CC2)[nH]c(=O)n1C1CCCCC1. The Morgan fingerprint density at radius 1 is 0.893 bits per heavy atom. The van der Waals surface area contributed by atoms with Crippen LogP contribution in [0.25, 0.3) is 0 Å². The summed E-state index contributed by atoms with van der Waals surface area (Å²) >= 11 is 0. The first-order valence-electron chi connectivity index (χ1n) is 10.8. The Bertz CT molecular complexity index is 710. The third-order valence-electron chi connectivity index (χ3n) is 6.44. The van der Waals surface area contributed by atoms with Crippen LogP contribution in [0.1, 0.15) is 38.1 Å². The Labute approximate surface area is 166 Å². The lowest BCUT2D eigenvalue weighted by molar-refractivity contribution is 0.0331. The number of nitrogens with one attached hydrogen (secondary N) is 1. The molecule has 156 valence electrons. The number of aromatic amines is 1. The van der Waals surface area contributed by atoms with Crippen molar-refractivity contribution in [3.05, 3.63) is 26.9 Å². The lowest BCUT2D eigenvalue weighted by Gasteiger charge is -2.37. The fourth-order valence-electron chi connectivity index (χ4n) is 4.67. The van der Waals surface area contributed by atoms with Gasteiger partial charge in [-0.2, -0.15) is 0 Å².